The fourth-order valence-electron chi connectivity index (χ4n) is 1.14. The molecule has 3 nitrogen and oxygen atoms in total. The maximum Gasteiger partial charge on any atom is 0.144 e. The molecule has 0 heterocycles. The normalized spacial score (nSPS) is 15.8. The largest absolute Gasteiger partial charge is 0.368 e. The van der Waals surface area contributed by atoms with E-state index in [-0.39, 0.29) is 10.9 Å². The van der Waals surface area contributed by atoms with Crippen LogP contribution in [0.2, 0.25) is 0 Å². The van der Waals surface area contributed by atoms with Crippen molar-refractivity contribution in [1.82, 2.24) is 0 Å². The summed E-state index contributed by atoms with van der Waals surface area (Å²) >= 11 is 0. The molecule has 0 aliphatic rings. The van der Waals surface area contributed by atoms with Gasteiger partial charge in [-0.1, -0.05) is 30.3 Å². The van der Waals surface area contributed by atoms with E-state index < -0.39 is 11.0 Å². The van der Waals surface area contributed by atoms with Crippen LogP contribution in [0.1, 0.15) is 33.3 Å². The Balaban J connectivity index is 2.41. The summed E-state index contributed by atoms with van der Waals surface area (Å²) in [4.78, 5) is 0. The van der Waals surface area contributed by atoms with E-state index in [1.54, 1.807) is 6.21 Å². The second kappa shape index (κ2) is 6.81. The summed E-state index contributed by atoms with van der Waals surface area (Å²) in [5, 5.41) is 0. The van der Waals surface area contributed by atoms with Gasteiger partial charge in [0, 0.05) is 6.21 Å². The molecule has 0 amide bonds. The highest BCUT2D eigenvalue weighted by molar-refractivity contribution is 7.85. The lowest BCUT2D eigenvalue weighted by molar-refractivity contribution is 0.0992. The average Bonchev–Trinajstić information content (AvgIpc) is 2.33. The van der Waals surface area contributed by atoms with E-state index in [9.17, 15) is 4.21 Å². The third kappa shape index (κ3) is 5.56. The number of ether oxygens (including phenoxy) is 1. The Bertz CT molecular complexity index is 410. The van der Waals surface area contributed by atoms with Crippen LogP contribution < -0.4 is 0 Å². The topological polar surface area (TPSA) is 38.7 Å². The van der Waals surface area contributed by atoms with Crippen molar-refractivity contribution in [2.75, 3.05) is 0 Å². The zero-order valence-corrected chi connectivity index (χ0v) is 12.2. The van der Waals surface area contributed by atoms with Crippen LogP contribution in [0.3, 0.4) is 0 Å². The van der Waals surface area contributed by atoms with Gasteiger partial charge in [-0.3, -0.25) is 0 Å². The Morgan fingerprint density at radius 2 is 1.94 bits per heavy atom. The lowest BCUT2D eigenvalue weighted by Crippen LogP contribution is -2.21. The second-order valence-corrected chi connectivity index (χ2v) is 7.05. The van der Waals surface area contributed by atoms with Gasteiger partial charge in [-0.15, -0.1) is 0 Å². The molecule has 0 bridgehead atoms. The highest BCUT2D eigenvalue weighted by Gasteiger charge is 2.18. The third-order valence-electron chi connectivity index (χ3n) is 2.25. The summed E-state index contributed by atoms with van der Waals surface area (Å²) in [5.41, 5.74) is 1.12. The molecule has 4 heteroatoms. The van der Waals surface area contributed by atoms with Crippen molar-refractivity contribution in [3.8, 4) is 0 Å². The van der Waals surface area contributed by atoms with Gasteiger partial charge in [0.1, 0.15) is 11.0 Å². The molecule has 18 heavy (non-hydrogen) atoms. The molecule has 0 radical (unpaired) electrons. The van der Waals surface area contributed by atoms with Crippen LogP contribution in [-0.2, 0) is 22.3 Å². The molecule has 0 unspecified atom stereocenters. The van der Waals surface area contributed by atoms with Gasteiger partial charge in [-0.2, -0.15) is 4.40 Å². The minimum atomic E-state index is -1.22. The van der Waals surface area contributed by atoms with Crippen LogP contribution in [0.25, 0.3) is 0 Å². The van der Waals surface area contributed by atoms with Gasteiger partial charge in [0.2, 0.25) is 0 Å². The minimum Gasteiger partial charge on any atom is -0.368 e. The molecule has 2 atom stereocenters. The standard InChI is InChI=1S/C14H21NO2S/c1-12(10-15-18(16)14(2,3)4)17-11-13-8-6-5-7-9-13/h5-10,12H,11H2,1-4H3/b15-10+/t12-,18+/m1/s1. The van der Waals surface area contributed by atoms with E-state index in [0.717, 1.165) is 5.56 Å². The Morgan fingerprint density at radius 3 is 2.50 bits per heavy atom. The fourth-order valence-corrected chi connectivity index (χ4v) is 1.74. The molecule has 0 fully saturated rings. The number of rotatable bonds is 5. The van der Waals surface area contributed by atoms with Crippen molar-refractivity contribution in [3.63, 3.8) is 0 Å². The minimum absolute atomic E-state index is 0.142. The predicted octanol–water partition coefficient (Wildman–Crippen LogP) is 3.12. The molecular formula is C14H21NO2S. The van der Waals surface area contributed by atoms with Crippen LogP contribution in [0, 0.1) is 0 Å². The highest BCUT2D eigenvalue weighted by Crippen LogP contribution is 2.12. The van der Waals surface area contributed by atoms with Gasteiger partial charge in [-0.05, 0) is 33.3 Å². The lowest BCUT2D eigenvalue weighted by Gasteiger charge is -2.14. The number of benzene rings is 1. The van der Waals surface area contributed by atoms with Gasteiger partial charge in [0.15, 0.2) is 0 Å². The van der Waals surface area contributed by atoms with Gasteiger partial charge >= 0.3 is 0 Å². The van der Waals surface area contributed by atoms with Crippen LogP contribution in [-0.4, -0.2) is 21.3 Å². The average molecular weight is 267 g/mol. The summed E-state index contributed by atoms with van der Waals surface area (Å²) in [6.45, 7) is 8.13. The molecule has 0 N–H and O–H groups in total. The van der Waals surface area contributed by atoms with Gasteiger partial charge in [0.05, 0.1) is 17.5 Å². The van der Waals surface area contributed by atoms with Gasteiger partial charge in [-0.25, -0.2) is 4.21 Å². The molecule has 0 spiro atoms. The first-order valence-electron chi connectivity index (χ1n) is 6.01. The summed E-state index contributed by atoms with van der Waals surface area (Å²) < 4.78 is 21.0. The number of hydrogen-bond acceptors (Lipinski definition) is 2. The van der Waals surface area contributed by atoms with E-state index in [2.05, 4.69) is 4.40 Å². The van der Waals surface area contributed by atoms with E-state index in [1.165, 1.54) is 0 Å². The number of nitrogens with zero attached hydrogens (tertiary/aromatic N) is 1. The maximum atomic E-state index is 11.7. The Kier molecular flexibility index (Phi) is 5.69. The highest BCUT2D eigenvalue weighted by atomic mass is 32.2. The van der Waals surface area contributed by atoms with Crippen molar-refractivity contribution in [1.29, 1.82) is 0 Å². The first kappa shape index (κ1) is 15.1. The Morgan fingerprint density at radius 1 is 1.33 bits per heavy atom. The van der Waals surface area contributed by atoms with Crippen molar-refractivity contribution in [2.24, 2.45) is 4.40 Å². The zero-order valence-electron chi connectivity index (χ0n) is 11.4. The molecule has 0 aromatic heterocycles. The van der Waals surface area contributed by atoms with Crippen molar-refractivity contribution < 1.29 is 8.95 Å². The SMILES string of the molecule is C[C@H](/C=N/[S@@](=O)C(C)(C)C)OCc1ccccc1. The first-order chi connectivity index (χ1) is 8.39. The Labute approximate surface area is 112 Å². The van der Waals surface area contributed by atoms with Crippen molar-refractivity contribution in [2.45, 2.75) is 45.2 Å². The lowest BCUT2D eigenvalue weighted by atomic mass is 10.2. The van der Waals surface area contributed by atoms with Gasteiger partial charge in [0.25, 0.3) is 0 Å². The summed E-state index contributed by atoms with van der Waals surface area (Å²) in [5.74, 6) is 0. The second-order valence-electron chi connectivity index (χ2n) is 5.12. The monoisotopic (exact) mass is 267 g/mol. The third-order valence-corrected chi connectivity index (χ3v) is 3.61. The summed E-state index contributed by atoms with van der Waals surface area (Å²) in [7, 11) is -1.22. The molecular weight excluding hydrogens is 246 g/mol. The van der Waals surface area contributed by atoms with E-state index in [0.29, 0.717) is 6.61 Å². The van der Waals surface area contributed by atoms with Gasteiger partial charge < -0.3 is 4.74 Å². The molecule has 1 rings (SSSR count). The quantitative estimate of drug-likeness (QED) is 0.769. The van der Waals surface area contributed by atoms with E-state index in [4.69, 9.17) is 4.74 Å². The summed E-state index contributed by atoms with van der Waals surface area (Å²) in [6.07, 6.45) is 1.47. The maximum absolute atomic E-state index is 11.7. The molecule has 0 saturated carbocycles. The molecule has 100 valence electrons. The van der Waals surface area contributed by atoms with Crippen molar-refractivity contribution >= 4 is 17.2 Å². The van der Waals surface area contributed by atoms with E-state index in [1.807, 2.05) is 58.0 Å². The van der Waals surface area contributed by atoms with Crippen LogP contribution in [0.15, 0.2) is 34.7 Å². The van der Waals surface area contributed by atoms with Crippen LogP contribution >= 0.6 is 0 Å². The van der Waals surface area contributed by atoms with Crippen molar-refractivity contribution in [3.05, 3.63) is 35.9 Å². The molecule has 0 saturated heterocycles. The van der Waals surface area contributed by atoms with Crippen LogP contribution in [0.5, 0.6) is 0 Å². The van der Waals surface area contributed by atoms with Crippen LogP contribution in [0.4, 0.5) is 0 Å². The Hall–Kier alpha value is -1.00. The number of hydrogen-bond donors (Lipinski definition) is 0. The molecule has 0 aliphatic heterocycles. The fraction of sp³-hybridized carbons (Fsp3) is 0.500. The summed E-state index contributed by atoms with van der Waals surface area (Å²) in [6, 6.07) is 9.95. The molecule has 1 aromatic rings. The predicted molar refractivity (Wildman–Crippen MR) is 77.1 cm³/mol. The smallest absolute Gasteiger partial charge is 0.144 e. The molecule has 0 aliphatic carbocycles. The van der Waals surface area contributed by atoms with E-state index >= 15 is 0 Å². The zero-order chi connectivity index (χ0) is 13.6. The molecule has 1 aromatic carbocycles. The first-order valence-corrected chi connectivity index (χ1v) is 7.12.